The van der Waals surface area contributed by atoms with E-state index in [-0.39, 0.29) is 18.4 Å². The zero-order chi connectivity index (χ0) is 26.5. The molecule has 5 rings (SSSR count). The maximum Gasteiger partial charge on any atom is 0.328 e. The lowest BCUT2D eigenvalue weighted by atomic mass is 9.96. The van der Waals surface area contributed by atoms with Crippen molar-refractivity contribution in [2.24, 2.45) is 5.92 Å². The molecule has 0 bridgehead atoms. The van der Waals surface area contributed by atoms with Gasteiger partial charge in [0.1, 0.15) is 24.0 Å². The van der Waals surface area contributed by atoms with Crippen LogP contribution in [0.4, 0.5) is 11.6 Å². The van der Waals surface area contributed by atoms with Crippen LogP contribution in [-0.4, -0.2) is 75.6 Å². The molecule has 3 aromatic heterocycles. The van der Waals surface area contributed by atoms with Crippen LogP contribution in [-0.2, 0) is 22.4 Å². The quantitative estimate of drug-likeness (QED) is 0.308. The topological polar surface area (TPSA) is 132 Å². The van der Waals surface area contributed by atoms with Crippen molar-refractivity contribution in [3.05, 3.63) is 40.7 Å². The average Bonchev–Trinajstić information content (AvgIpc) is 3.32. The molecule has 2 aliphatic heterocycles. The molecule has 4 N–H and O–H groups in total. The third-order valence-electron chi connectivity index (χ3n) is 7.36. The number of aryl methyl sites for hydroxylation is 3. The van der Waals surface area contributed by atoms with Crippen LogP contribution in [0.25, 0.3) is 10.2 Å². The molecule has 0 aromatic carbocycles. The lowest BCUT2D eigenvalue weighted by molar-refractivity contribution is -0.138. The standard InChI is InChI=1S/C27H35N7O3S/c1-17-15-38-23-22(17)30-16-31-25(23)33-21(27(36)37)13-29-26(35)19-6-3-11-34(14-19)12-4-7-20-9-8-18-5-2-10-28-24(18)32-20/h8-9,15-16,19,21H,2-7,10-14H2,1H3,(H,28,32)(H,29,35)(H,36,37)(H,30,31,33)/t19-,21+/m1/s1. The molecule has 38 heavy (non-hydrogen) atoms. The first-order chi connectivity index (χ1) is 18.5. The Labute approximate surface area is 226 Å². The molecule has 202 valence electrons. The monoisotopic (exact) mass is 537 g/mol. The van der Waals surface area contributed by atoms with Gasteiger partial charge in [-0.1, -0.05) is 6.07 Å². The van der Waals surface area contributed by atoms with Gasteiger partial charge >= 0.3 is 5.97 Å². The van der Waals surface area contributed by atoms with Crippen molar-refractivity contribution in [3.8, 4) is 0 Å². The molecule has 0 spiro atoms. The first-order valence-corrected chi connectivity index (χ1v) is 14.3. The number of piperidine rings is 1. The van der Waals surface area contributed by atoms with E-state index >= 15 is 0 Å². The molecule has 0 unspecified atom stereocenters. The number of amides is 1. The predicted octanol–water partition coefficient (Wildman–Crippen LogP) is 3.08. The molecule has 1 fully saturated rings. The van der Waals surface area contributed by atoms with Gasteiger partial charge in [-0.3, -0.25) is 4.79 Å². The van der Waals surface area contributed by atoms with Crippen LogP contribution in [0, 0.1) is 12.8 Å². The van der Waals surface area contributed by atoms with Crippen LogP contribution in [0.3, 0.4) is 0 Å². The van der Waals surface area contributed by atoms with Crippen molar-refractivity contribution < 1.29 is 14.7 Å². The Hall–Kier alpha value is -3.31. The third-order valence-corrected chi connectivity index (χ3v) is 8.45. The Morgan fingerprint density at radius 3 is 3.05 bits per heavy atom. The van der Waals surface area contributed by atoms with E-state index in [0.29, 0.717) is 12.4 Å². The molecule has 5 heterocycles. The Kier molecular flexibility index (Phi) is 8.33. The van der Waals surface area contributed by atoms with Crippen LogP contribution in [0.5, 0.6) is 0 Å². The summed E-state index contributed by atoms with van der Waals surface area (Å²) in [6.45, 7) is 5.52. The minimum absolute atomic E-state index is 0.0153. The second kappa shape index (κ2) is 12.0. The molecular weight excluding hydrogens is 502 g/mol. The van der Waals surface area contributed by atoms with Crippen molar-refractivity contribution >= 4 is 45.1 Å². The lowest BCUT2D eigenvalue weighted by Crippen LogP contribution is -2.47. The first-order valence-electron chi connectivity index (χ1n) is 13.4. The highest BCUT2D eigenvalue weighted by Gasteiger charge is 2.27. The van der Waals surface area contributed by atoms with Gasteiger partial charge in [-0.05, 0) is 81.1 Å². The van der Waals surface area contributed by atoms with E-state index in [1.54, 1.807) is 0 Å². The molecule has 0 aliphatic carbocycles. The van der Waals surface area contributed by atoms with Crippen LogP contribution < -0.4 is 16.0 Å². The maximum absolute atomic E-state index is 13.0. The SMILES string of the molecule is Cc1csc2c(N[C@@H](CNC(=O)[C@@H]3CCCN(CCCc4ccc5c(n4)NCCC5)C3)C(=O)O)ncnc12. The number of aliphatic carboxylic acids is 1. The summed E-state index contributed by atoms with van der Waals surface area (Å²) in [5, 5.41) is 21.0. The summed E-state index contributed by atoms with van der Waals surface area (Å²) in [7, 11) is 0. The van der Waals surface area contributed by atoms with Gasteiger partial charge in [-0.25, -0.2) is 19.7 Å². The van der Waals surface area contributed by atoms with Gasteiger partial charge < -0.3 is 26.0 Å². The van der Waals surface area contributed by atoms with Crippen LogP contribution in [0.1, 0.15) is 42.5 Å². The van der Waals surface area contributed by atoms with E-state index in [2.05, 4.69) is 43.0 Å². The molecule has 2 aliphatic rings. The van der Waals surface area contributed by atoms with Gasteiger partial charge in [-0.15, -0.1) is 11.3 Å². The number of hydrogen-bond acceptors (Lipinski definition) is 9. The Bertz CT molecular complexity index is 1300. The number of anilines is 2. The number of carboxylic acids is 1. The number of carboxylic acid groups (broad SMARTS) is 1. The molecule has 0 saturated carbocycles. The molecule has 3 aromatic rings. The third kappa shape index (κ3) is 6.21. The number of nitrogens with zero attached hydrogens (tertiary/aromatic N) is 4. The Morgan fingerprint density at radius 2 is 2.18 bits per heavy atom. The fourth-order valence-electron chi connectivity index (χ4n) is 5.25. The molecule has 0 radical (unpaired) electrons. The number of rotatable bonds is 10. The van der Waals surface area contributed by atoms with Crippen molar-refractivity contribution in [1.29, 1.82) is 0 Å². The van der Waals surface area contributed by atoms with Gasteiger partial charge in [0.05, 0.1) is 16.1 Å². The number of aromatic nitrogens is 3. The normalized spacial score (nSPS) is 18.4. The van der Waals surface area contributed by atoms with Gasteiger partial charge in [0.2, 0.25) is 5.91 Å². The van der Waals surface area contributed by atoms with Crippen molar-refractivity contribution in [2.75, 3.05) is 43.4 Å². The number of fused-ring (bicyclic) bond motifs is 2. The summed E-state index contributed by atoms with van der Waals surface area (Å²) in [5.74, 6) is 0.233. The van der Waals surface area contributed by atoms with E-state index in [1.807, 2.05) is 12.3 Å². The van der Waals surface area contributed by atoms with Gasteiger partial charge in [0.15, 0.2) is 0 Å². The zero-order valence-electron chi connectivity index (χ0n) is 21.7. The van der Waals surface area contributed by atoms with Crippen LogP contribution in [0.2, 0.25) is 0 Å². The number of thiophene rings is 1. The Morgan fingerprint density at radius 1 is 1.29 bits per heavy atom. The van der Waals surface area contributed by atoms with Crippen molar-refractivity contribution in [1.82, 2.24) is 25.2 Å². The van der Waals surface area contributed by atoms with Gasteiger partial charge in [0, 0.05) is 25.3 Å². The maximum atomic E-state index is 13.0. The smallest absolute Gasteiger partial charge is 0.328 e. The largest absolute Gasteiger partial charge is 0.480 e. The second-order valence-corrected chi connectivity index (χ2v) is 11.1. The number of carbonyl (C=O) groups is 2. The highest BCUT2D eigenvalue weighted by molar-refractivity contribution is 7.18. The van der Waals surface area contributed by atoms with E-state index in [4.69, 9.17) is 4.98 Å². The van der Waals surface area contributed by atoms with Crippen LogP contribution in [0.15, 0.2) is 23.8 Å². The zero-order valence-corrected chi connectivity index (χ0v) is 22.5. The van der Waals surface area contributed by atoms with E-state index in [1.165, 1.54) is 23.2 Å². The fraction of sp³-hybridized carbons (Fsp3) is 0.519. The first kappa shape index (κ1) is 26.3. The summed E-state index contributed by atoms with van der Waals surface area (Å²) < 4.78 is 0.812. The predicted molar refractivity (Wildman–Crippen MR) is 149 cm³/mol. The minimum Gasteiger partial charge on any atom is -0.480 e. The lowest BCUT2D eigenvalue weighted by Gasteiger charge is -2.32. The molecule has 1 amide bonds. The minimum atomic E-state index is -1.04. The number of pyridine rings is 1. The number of likely N-dealkylation sites (tertiary alicyclic amines) is 1. The molecule has 2 atom stereocenters. The molecular formula is C27H35N7O3S. The highest BCUT2D eigenvalue weighted by Crippen LogP contribution is 2.29. The summed E-state index contributed by atoms with van der Waals surface area (Å²) in [4.78, 5) is 40.6. The summed E-state index contributed by atoms with van der Waals surface area (Å²) in [6, 6.07) is 3.34. The average molecular weight is 538 g/mol. The van der Waals surface area contributed by atoms with Crippen molar-refractivity contribution in [2.45, 2.75) is 51.5 Å². The summed E-state index contributed by atoms with van der Waals surface area (Å²) >= 11 is 1.47. The summed E-state index contributed by atoms with van der Waals surface area (Å²) in [5.41, 5.74) is 4.24. The Balaban J connectivity index is 1.10. The van der Waals surface area contributed by atoms with Gasteiger partial charge in [-0.2, -0.15) is 0 Å². The fourth-order valence-corrected chi connectivity index (χ4v) is 6.20. The second-order valence-electron chi connectivity index (χ2n) is 10.2. The van der Waals surface area contributed by atoms with E-state index < -0.39 is 12.0 Å². The number of hydrogen-bond donors (Lipinski definition) is 4. The highest BCUT2D eigenvalue weighted by atomic mass is 32.1. The molecule has 11 heteroatoms. The number of nitrogens with one attached hydrogen (secondary N) is 3. The molecule has 1 saturated heterocycles. The van der Waals surface area contributed by atoms with Crippen LogP contribution >= 0.6 is 11.3 Å². The molecule has 10 nitrogen and oxygen atoms in total. The van der Waals surface area contributed by atoms with E-state index in [9.17, 15) is 14.7 Å². The summed E-state index contributed by atoms with van der Waals surface area (Å²) in [6.07, 6.45) is 7.34. The van der Waals surface area contributed by atoms with Gasteiger partial charge in [0.25, 0.3) is 0 Å². The van der Waals surface area contributed by atoms with E-state index in [0.717, 1.165) is 85.5 Å². The van der Waals surface area contributed by atoms with Crippen molar-refractivity contribution in [3.63, 3.8) is 0 Å². The number of carbonyl (C=O) groups excluding carboxylic acids is 1.